The van der Waals surface area contributed by atoms with Gasteiger partial charge in [-0.25, -0.2) is 0 Å². The highest BCUT2D eigenvalue weighted by Crippen LogP contribution is 2.37. The van der Waals surface area contributed by atoms with E-state index in [0.717, 1.165) is 60.1 Å². The third-order valence-electron chi connectivity index (χ3n) is 6.31. The van der Waals surface area contributed by atoms with Crippen molar-refractivity contribution in [3.05, 3.63) is 99.8 Å². The Morgan fingerprint density at radius 2 is 1.58 bits per heavy atom. The number of benzene rings is 3. The van der Waals surface area contributed by atoms with Crippen molar-refractivity contribution >= 4 is 28.2 Å². The van der Waals surface area contributed by atoms with E-state index in [2.05, 4.69) is 52.3 Å². The standard InChI is InChI=1S/C27H25ClN2O/c28-22-11-12-24-23(18-22)25(21-9-5-2-6-10-21)26(27(31)29-24)30-15-13-20(14-16-30)17-19-7-3-1-4-8-19/h1-12,18,20H,13-17H2,(H,29,31). The number of piperidine rings is 1. The molecule has 0 aliphatic carbocycles. The van der Waals surface area contributed by atoms with Crippen molar-refractivity contribution in [2.45, 2.75) is 19.3 Å². The third kappa shape index (κ3) is 4.11. The van der Waals surface area contributed by atoms with Crippen molar-refractivity contribution in [2.75, 3.05) is 18.0 Å². The average molecular weight is 429 g/mol. The molecule has 4 aromatic rings. The molecule has 0 bridgehead atoms. The maximum absolute atomic E-state index is 13.3. The van der Waals surface area contributed by atoms with Crippen LogP contribution in [0, 0.1) is 5.92 Å². The number of H-pyrrole nitrogens is 1. The molecule has 4 heteroatoms. The van der Waals surface area contributed by atoms with Crippen molar-refractivity contribution in [3.8, 4) is 11.1 Å². The molecular weight excluding hydrogens is 404 g/mol. The Balaban J connectivity index is 1.51. The Labute approximate surface area is 187 Å². The molecular formula is C27H25ClN2O. The zero-order valence-electron chi connectivity index (χ0n) is 17.4. The molecule has 0 saturated carbocycles. The number of aromatic amines is 1. The van der Waals surface area contributed by atoms with Gasteiger partial charge in [0, 0.05) is 34.6 Å². The zero-order valence-corrected chi connectivity index (χ0v) is 18.1. The van der Waals surface area contributed by atoms with Gasteiger partial charge in [-0.05, 0) is 54.5 Å². The minimum Gasteiger partial charge on any atom is -0.367 e. The summed E-state index contributed by atoms with van der Waals surface area (Å²) in [6, 6.07) is 26.5. The average Bonchev–Trinajstić information content (AvgIpc) is 2.80. The predicted octanol–water partition coefficient (Wildman–Crippen LogP) is 6.31. The summed E-state index contributed by atoms with van der Waals surface area (Å²) in [5.74, 6) is 0.646. The number of halogens is 1. The largest absolute Gasteiger partial charge is 0.367 e. The van der Waals surface area contributed by atoms with E-state index in [1.807, 2.05) is 36.4 Å². The van der Waals surface area contributed by atoms with Crippen LogP contribution in [0.3, 0.4) is 0 Å². The van der Waals surface area contributed by atoms with Crippen LogP contribution in [-0.2, 0) is 6.42 Å². The number of nitrogens with one attached hydrogen (secondary N) is 1. The highest BCUT2D eigenvalue weighted by atomic mass is 35.5. The van der Waals surface area contributed by atoms with Crippen LogP contribution in [0.25, 0.3) is 22.0 Å². The number of anilines is 1. The van der Waals surface area contributed by atoms with Crippen molar-refractivity contribution in [1.82, 2.24) is 4.98 Å². The first-order valence-electron chi connectivity index (χ1n) is 10.9. The number of pyridine rings is 1. The SMILES string of the molecule is O=c1[nH]c2ccc(Cl)cc2c(-c2ccccc2)c1N1CCC(Cc2ccccc2)CC1. The fraction of sp³-hybridized carbons (Fsp3) is 0.222. The first kappa shape index (κ1) is 19.9. The van der Waals surface area contributed by atoms with Crippen LogP contribution in [0.5, 0.6) is 0 Å². The van der Waals surface area contributed by atoms with Crippen molar-refractivity contribution in [3.63, 3.8) is 0 Å². The molecule has 3 nitrogen and oxygen atoms in total. The summed E-state index contributed by atoms with van der Waals surface area (Å²) in [7, 11) is 0. The molecule has 1 N–H and O–H groups in total. The second-order valence-electron chi connectivity index (χ2n) is 8.35. The van der Waals surface area contributed by atoms with Gasteiger partial charge in [-0.1, -0.05) is 72.3 Å². The number of fused-ring (bicyclic) bond motifs is 1. The van der Waals surface area contributed by atoms with Crippen molar-refractivity contribution in [2.24, 2.45) is 5.92 Å². The molecule has 1 aromatic heterocycles. The Hall–Kier alpha value is -3.04. The minimum atomic E-state index is -0.0322. The molecule has 1 aliphatic heterocycles. The summed E-state index contributed by atoms with van der Waals surface area (Å²) in [5, 5.41) is 1.66. The summed E-state index contributed by atoms with van der Waals surface area (Å²) in [5.41, 5.74) is 4.96. The first-order chi connectivity index (χ1) is 15.2. The van der Waals surface area contributed by atoms with Gasteiger partial charge >= 0.3 is 0 Å². The second kappa shape index (κ2) is 8.60. The van der Waals surface area contributed by atoms with Crippen LogP contribution >= 0.6 is 11.6 Å². The zero-order chi connectivity index (χ0) is 21.2. The first-order valence-corrected chi connectivity index (χ1v) is 11.3. The lowest BCUT2D eigenvalue weighted by Crippen LogP contribution is -2.38. The van der Waals surface area contributed by atoms with Gasteiger partial charge in [-0.15, -0.1) is 0 Å². The van der Waals surface area contributed by atoms with Gasteiger partial charge in [0.15, 0.2) is 0 Å². The minimum absolute atomic E-state index is 0.0322. The van der Waals surface area contributed by atoms with Gasteiger partial charge in [-0.2, -0.15) is 0 Å². The molecule has 1 fully saturated rings. The lowest BCUT2D eigenvalue weighted by Gasteiger charge is -2.34. The third-order valence-corrected chi connectivity index (χ3v) is 6.55. The molecule has 5 rings (SSSR count). The van der Waals surface area contributed by atoms with E-state index in [-0.39, 0.29) is 5.56 Å². The topological polar surface area (TPSA) is 36.1 Å². The molecule has 0 unspecified atom stereocenters. The summed E-state index contributed by atoms with van der Waals surface area (Å²) in [6.45, 7) is 1.76. The quantitative estimate of drug-likeness (QED) is 0.413. The van der Waals surface area contributed by atoms with Crippen molar-refractivity contribution in [1.29, 1.82) is 0 Å². The second-order valence-corrected chi connectivity index (χ2v) is 8.79. The molecule has 2 heterocycles. The van der Waals surface area contributed by atoms with Crippen LogP contribution in [0.15, 0.2) is 83.7 Å². The van der Waals surface area contributed by atoms with Crippen LogP contribution in [-0.4, -0.2) is 18.1 Å². The predicted molar refractivity (Wildman–Crippen MR) is 130 cm³/mol. The Kier molecular flexibility index (Phi) is 5.52. The number of aromatic nitrogens is 1. The summed E-state index contributed by atoms with van der Waals surface area (Å²) < 4.78 is 0. The van der Waals surface area contributed by atoms with E-state index in [1.165, 1.54) is 5.56 Å². The van der Waals surface area contributed by atoms with E-state index in [9.17, 15) is 4.79 Å². The molecule has 3 aromatic carbocycles. The van der Waals surface area contributed by atoms with Crippen LogP contribution in [0.1, 0.15) is 18.4 Å². The highest BCUT2D eigenvalue weighted by molar-refractivity contribution is 6.31. The van der Waals surface area contributed by atoms with Crippen LogP contribution < -0.4 is 10.5 Å². The Morgan fingerprint density at radius 3 is 2.29 bits per heavy atom. The van der Waals surface area contributed by atoms with Gasteiger partial charge in [0.25, 0.3) is 5.56 Å². The summed E-state index contributed by atoms with van der Waals surface area (Å²) >= 11 is 6.35. The fourth-order valence-corrected chi connectivity index (χ4v) is 4.93. The number of hydrogen-bond acceptors (Lipinski definition) is 2. The summed E-state index contributed by atoms with van der Waals surface area (Å²) in [6.07, 6.45) is 3.26. The van der Waals surface area contributed by atoms with Gasteiger partial charge in [0.2, 0.25) is 0 Å². The van der Waals surface area contributed by atoms with Gasteiger partial charge in [0.1, 0.15) is 5.69 Å². The van der Waals surface area contributed by atoms with Gasteiger partial charge in [-0.3, -0.25) is 4.79 Å². The monoisotopic (exact) mass is 428 g/mol. The molecule has 156 valence electrons. The van der Waals surface area contributed by atoms with E-state index < -0.39 is 0 Å². The normalized spacial score (nSPS) is 14.8. The van der Waals surface area contributed by atoms with E-state index in [4.69, 9.17) is 11.6 Å². The number of rotatable bonds is 4. The molecule has 0 amide bonds. The smallest absolute Gasteiger partial charge is 0.272 e. The van der Waals surface area contributed by atoms with E-state index in [1.54, 1.807) is 0 Å². The van der Waals surface area contributed by atoms with Crippen LogP contribution in [0.2, 0.25) is 5.02 Å². The molecule has 31 heavy (non-hydrogen) atoms. The maximum atomic E-state index is 13.3. The summed E-state index contributed by atoms with van der Waals surface area (Å²) in [4.78, 5) is 18.6. The number of hydrogen-bond donors (Lipinski definition) is 1. The maximum Gasteiger partial charge on any atom is 0.272 e. The molecule has 1 aliphatic rings. The Bertz CT molecular complexity index is 1240. The lowest BCUT2D eigenvalue weighted by atomic mass is 9.89. The van der Waals surface area contributed by atoms with Gasteiger partial charge < -0.3 is 9.88 Å². The molecule has 0 radical (unpaired) electrons. The van der Waals surface area contributed by atoms with E-state index >= 15 is 0 Å². The van der Waals surface area contributed by atoms with Gasteiger partial charge in [0.05, 0.1) is 0 Å². The van der Waals surface area contributed by atoms with Crippen molar-refractivity contribution < 1.29 is 0 Å². The molecule has 0 atom stereocenters. The van der Waals surface area contributed by atoms with Crippen LogP contribution in [0.4, 0.5) is 5.69 Å². The fourth-order valence-electron chi connectivity index (χ4n) is 4.76. The molecule has 0 spiro atoms. The Morgan fingerprint density at radius 1 is 0.903 bits per heavy atom. The molecule has 1 saturated heterocycles. The van der Waals surface area contributed by atoms with E-state index in [0.29, 0.717) is 10.9 Å². The lowest BCUT2D eigenvalue weighted by molar-refractivity contribution is 0.403. The highest BCUT2D eigenvalue weighted by Gasteiger charge is 2.25. The number of nitrogens with zero attached hydrogens (tertiary/aromatic N) is 1.